The summed E-state index contributed by atoms with van der Waals surface area (Å²) in [7, 11) is 0. The lowest BCUT2D eigenvalue weighted by molar-refractivity contribution is -0.384. The molecule has 5 nitrogen and oxygen atoms in total. The molecular formula is C15H25N3O2. The van der Waals surface area contributed by atoms with Crippen molar-refractivity contribution in [3.63, 3.8) is 0 Å². The molecule has 0 spiro atoms. The molecule has 0 unspecified atom stereocenters. The number of hydrogen-bond donors (Lipinski definition) is 1. The zero-order valence-electron chi connectivity index (χ0n) is 12.8. The minimum Gasteiger partial charge on any atom is -0.371 e. The number of nitro benzene ring substituents is 1. The Hall–Kier alpha value is -1.62. The van der Waals surface area contributed by atoms with Crippen molar-refractivity contribution in [3.8, 4) is 0 Å². The Morgan fingerprint density at radius 1 is 1.35 bits per heavy atom. The Bertz CT molecular complexity index is 472. The number of anilines is 1. The van der Waals surface area contributed by atoms with Crippen molar-refractivity contribution < 1.29 is 4.92 Å². The summed E-state index contributed by atoms with van der Waals surface area (Å²) >= 11 is 0. The van der Waals surface area contributed by atoms with E-state index in [-0.39, 0.29) is 16.0 Å². The molecule has 5 heteroatoms. The molecule has 0 saturated heterocycles. The number of benzene rings is 1. The van der Waals surface area contributed by atoms with Crippen LogP contribution in [0.1, 0.15) is 32.8 Å². The van der Waals surface area contributed by atoms with Crippen LogP contribution >= 0.6 is 0 Å². The Morgan fingerprint density at radius 3 is 2.50 bits per heavy atom. The predicted octanol–water partition coefficient (Wildman–Crippen LogP) is 3.10. The number of hydrogen-bond acceptors (Lipinski definition) is 4. The first kappa shape index (κ1) is 16.4. The summed E-state index contributed by atoms with van der Waals surface area (Å²) in [6.07, 6.45) is 0.988. The summed E-state index contributed by atoms with van der Waals surface area (Å²) in [6.45, 7) is 10.4. The van der Waals surface area contributed by atoms with Gasteiger partial charge in [-0.05, 0) is 36.9 Å². The first-order chi connectivity index (χ1) is 9.29. The molecule has 112 valence electrons. The van der Waals surface area contributed by atoms with Crippen LogP contribution in [0, 0.1) is 22.5 Å². The summed E-state index contributed by atoms with van der Waals surface area (Å²) in [5.74, 6) is 0. The van der Waals surface area contributed by atoms with E-state index < -0.39 is 0 Å². The van der Waals surface area contributed by atoms with Gasteiger partial charge in [-0.25, -0.2) is 0 Å². The fourth-order valence-electron chi connectivity index (χ4n) is 2.18. The second-order valence-corrected chi connectivity index (χ2v) is 6.07. The lowest BCUT2D eigenvalue weighted by Crippen LogP contribution is -2.39. The van der Waals surface area contributed by atoms with E-state index in [1.54, 1.807) is 12.1 Å². The highest BCUT2D eigenvalue weighted by Gasteiger charge is 2.21. The molecule has 0 aromatic heterocycles. The molecule has 1 aromatic carbocycles. The van der Waals surface area contributed by atoms with Gasteiger partial charge in [0.25, 0.3) is 5.69 Å². The van der Waals surface area contributed by atoms with E-state index in [9.17, 15) is 10.1 Å². The van der Waals surface area contributed by atoms with E-state index >= 15 is 0 Å². The first-order valence-corrected chi connectivity index (χ1v) is 7.00. The third-order valence-corrected chi connectivity index (χ3v) is 3.29. The lowest BCUT2D eigenvalue weighted by Gasteiger charge is -2.33. The molecule has 0 atom stereocenters. The van der Waals surface area contributed by atoms with Crippen LogP contribution < -0.4 is 10.6 Å². The van der Waals surface area contributed by atoms with Gasteiger partial charge in [0, 0.05) is 30.9 Å². The van der Waals surface area contributed by atoms with Crippen LogP contribution in [0.25, 0.3) is 0 Å². The van der Waals surface area contributed by atoms with Crippen LogP contribution in [0.5, 0.6) is 0 Å². The standard InChI is InChI=1S/C15H25N3O2/c1-5-6-17(11-15(3,4)10-16)13-7-12(2)8-14(9-13)18(19)20/h7-9H,5-6,10-11,16H2,1-4H3. The average molecular weight is 279 g/mol. The van der Waals surface area contributed by atoms with Crippen LogP contribution in [0.3, 0.4) is 0 Å². The molecule has 0 amide bonds. The molecule has 0 fully saturated rings. The van der Waals surface area contributed by atoms with Gasteiger partial charge in [0.15, 0.2) is 0 Å². The van der Waals surface area contributed by atoms with Crippen molar-refractivity contribution in [2.75, 3.05) is 24.5 Å². The van der Waals surface area contributed by atoms with Gasteiger partial charge in [-0.15, -0.1) is 0 Å². The van der Waals surface area contributed by atoms with E-state index in [0.29, 0.717) is 6.54 Å². The molecule has 0 aliphatic rings. The van der Waals surface area contributed by atoms with E-state index in [1.165, 1.54) is 0 Å². The maximum Gasteiger partial charge on any atom is 0.271 e. The zero-order chi connectivity index (χ0) is 15.3. The molecule has 1 rings (SSSR count). The largest absolute Gasteiger partial charge is 0.371 e. The number of aryl methyl sites for hydroxylation is 1. The number of rotatable bonds is 7. The van der Waals surface area contributed by atoms with Gasteiger partial charge >= 0.3 is 0 Å². The molecule has 0 bridgehead atoms. The highest BCUT2D eigenvalue weighted by atomic mass is 16.6. The monoisotopic (exact) mass is 279 g/mol. The highest BCUT2D eigenvalue weighted by Crippen LogP contribution is 2.27. The molecule has 0 aliphatic carbocycles. The van der Waals surface area contributed by atoms with Crippen LogP contribution in [0.15, 0.2) is 18.2 Å². The molecule has 2 N–H and O–H groups in total. The molecule has 0 saturated carbocycles. The van der Waals surface area contributed by atoms with Crippen LogP contribution in [-0.4, -0.2) is 24.6 Å². The van der Waals surface area contributed by atoms with E-state index in [4.69, 9.17) is 5.73 Å². The van der Waals surface area contributed by atoms with Crippen molar-refractivity contribution >= 4 is 11.4 Å². The number of nitro groups is 1. The quantitative estimate of drug-likeness (QED) is 0.615. The summed E-state index contributed by atoms with van der Waals surface area (Å²) in [5, 5.41) is 11.0. The third kappa shape index (κ3) is 4.49. The Balaban J connectivity index is 3.11. The first-order valence-electron chi connectivity index (χ1n) is 7.00. The summed E-state index contributed by atoms with van der Waals surface area (Å²) < 4.78 is 0. The van der Waals surface area contributed by atoms with E-state index in [1.807, 2.05) is 13.0 Å². The van der Waals surface area contributed by atoms with Gasteiger partial charge in [0.1, 0.15) is 0 Å². The number of nitrogens with zero attached hydrogens (tertiary/aromatic N) is 2. The van der Waals surface area contributed by atoms with Crippen molar-refractivity contribution in [1.82, 2.24) is 0 Å². The summed E-state index contributed by atoms with van der Waals surface area (Å²) in [6, 6.07) is 5.24. The summed E-state index contributed by atoms with van der Waals surface area (Å²) in [4.78, 5) is 12.8. The average Bonchev–Trinajstić information content (AvgIpc) is 2.37. The maximum absolute atomic E-state index is 11.0. The zero-order valence-corrected chi connectivity index (χ0v) is 12.8. The van der Waals surface area contributed by atoms with E-state index in [0.717, 1.165) is 30.8 Å². The van der Waals surface area contributed by atoms with Gasteiger partial charge in [0.2, 0.25) is 0 Å². The van der Waals surface area contributed by atoms with Crippen LogP contribution in [0.4, 0.5) is 11.4 Å². The van der Waals surface area contributed by atoms with Crippen molar-refractivity contribution in [2.45, 2.75) is 34.1 Å². The SMILES string of the molecule is CCCN(CC(C)(C)CN)c1cc(C)cc([N+](=O)[O-])c1. The highest BCUT2D eigenvalue weighted by molar-refractivity contribution is 5.55. The van der Waals surface area contributed by atoms with Gasteiger partial charge < -0.3 is 10.6 Å². The van der Waals surface area contributed by atoms with Crippen molar-refractivity contribution in [2.24, 2.45) is 11.1 Å². The minimum atomic E-state index is -0.339. The smallest absolute Gasteiger partial charge is 0.271 e. The number of nitrogens with two attached hydrogens (primary N) is 1. The van der Waals surface area contributed by atoms with Crippen molar-refractivity contribution in [1.29, 1.82) is 0 Å². The maximum atomic E-state index is 11.0. The van der Waals surface area contributed by atoms with Gasteiger partial charge in [0.05, 0.1) is 4.92 Å². The topological polar surface area (TPSA) is 72.4 Å². The molecular weight excluding hydrogens is 254 g/mol. The van der Waals surface area contributed by atoms with Crippen molar-refractivity contribution in [3.05, 3.63) is 33.9 Å². The fraction of sp³-hybridized carbons (Fsp3) is 0.600. The number of non-ortho nitro benzene ring substituents is 1. The Labute approximate surface area is 120 Å². The van der Waals surface area contributed by atoms with Gasteiger partial charge in [-0.2, -0.15) is 0 Å². The molecule has 0 radical (unpaired) electrons. The lowest BCUT2D eigenvalue weighted by atomic mass is 9.92. The van der Waals surface area contributed by atoms with Gasteiger partial charge in [-0.1, -0.05) is 20.8 Å². The normalized spacial score (nSPS) is 11.4. The fourth-order valence-corrected chi connectivity index (χ4v) is 2.18. The molecule has 0 aliphatic heterocycles. The Kier molecular flexibility index (Phi) is 5.51. The second-order valence-electron chi connectivity index (χ2n) is 6.07. The molecule has 1 aromatic rings. The van der Waals surface area contributed by atoms with Gasteiger partial charge in [-0.3, -0.25) is 10.1 Å². The second kappa shape index (κ2) is 6.70. The Morgan fingerprint density at radius 2 is 2.00 bits per heavy atom. The summed E-state index contributed by atoms with van der Waals surface area (Å²) in [5.41, 5.74) is 7.73. The molecule has 0 heterocycles. The minimum absolute atomic E-state index is 0.0201. The van der Waals surface area contributed by atoms with E-state index in [2.05, 4.69) is 25.7 Å². The predicted molar refractivity (Wildman–Crippen MR) is 83.2 cm³/mol. The molecule has 20 heavy (non-hydrogen) atoms. The third-order valence-electron chi connectivity index (χ3n) is 3.29. The van der Waals surface area contributed by atoms with Crippen LogP contribution in [0.2, 0.25) is 0 Å². The van der Waals surface area contributed by atoms with Crippen LogP contribution in [-0.2, 0) is 0 Å².